The zero-order valence-corrected chi connectivity index (χ0v) is 23.3. The number of methoxy groups -OCH3 is 2. The van der Waals surface area contributed by atoms with E-state index in [9.17, 15) is 30.3 Å². The number of ether oxygens (including phenoxy) is 6. The minimum Gasteiger partial charge on any atom is -0.507 e. The van der Waals surface area contributed by atoms with E-state index < -0.39 is 72.6 Å². The first-order valence-corrected chi connectivity index (χ1v) is 13.3. The Morgan fingerprint density at radius 1 is 0.738 bits per heavy atom. The van der Waals surface area contributed by atoms with Crippen LogP contribution in [0.5, 0.6) is 17.2 Å². The van der Waals surface area contributed by atoms with Gasteiger partial charge in [-0.25, -0.2) is 0 Å². The number of benzene rings is 2. The average molecular weight is 591 g/mol. The van der Waals surface area contributed by atoms with E-state index in [0.29, 0.717) is 11.3 Å². The lowest BCUT2D eigenvalue weighted by molar-refractivity contribution is -0.273. The Balaban J connectivity index is 1.35. The van der Waals surface area contributed by atoms with Crippen LogP contribution < -0.4 is 14.9 Å². The number of fused-ring (bicyclic) bond motifs is 1. The van der Waals surface area contributed by atoms with E-state index in [2.05, 4.69) is 0 Å². The highest BCUT2D eigenvalue weighted by molar-refractivity contribution is 5.88. The maximum Gasteiger partial charge on any atom is 0.229 e. The molecule has 3 aromatic rings. The fourth-order valence-electron chi connectivity index (χ4n) is 5.20. The second kappa shape index (κ2) is 12.1. The molecule has 5 N–H and O–H groups in total. The van der Waals surface area contributed by atoms with Gasteiger partial charge in [-0.05, 0) is 31.5 Å². The second-order valence-electron chi connectivity index (χ2n) is 10.3. The molecule has 0 unspecified atom stereocenters. The van der Waals surface area contributed by atoms with Gasteiger partial charge in [0, 0.05) is 26.4 Å². The Kier molecular flexibility index (Phi) is 8.73. The lowest BCUT2D eigenvalue weighted by atomic mass is 9.99. The molecular weight excluding hydrogens is 556 g/mol. The summed E-state index contributed by atoms with van der Waals surface area (Å²) >= 11 is 0. The van der Waals surface area contributed by atoms with Crippen molar-refractivity contribution < 1.29 is 58.4 Å². The summed E-state index contributed by atoms with van der Waals surface area (Å²) in [5, 5.41) is 52.0. The highest BCUT2D eigenvalue weighted by atomic mass is 16.7. The van der Waals surface area contributed by atoms with E-state index in [1.807, 2.05) is 0 Å². The van der Waals surface area contributed by atoms with Gasteiger partial charge in [-0.2, -0.15) is 0 Å². The van der Waals surface area contributed by atoms with Crippen LogP contribution in [0.25, 0.3) is 22.1 Å². The van der Waals surface area contributed by atoms with Crippen molar-refractivity contribution in [2.24, 2.45) is 0 Å². The standard InChI is InChI=1S/C29H34O13/c1-12-21(31)26(36-3)24(34)28(39-12)41-15-7-5-14(6-8-15)17-11-38-19-10-16(9-18(30)20(19)23(17)33)42-29-25(35)27(37-4)22(32)13(2)40-29/h5-13,21-22,24-32,34-35H,1-4H3/t12-,13-,21-,22-,24+,25+,26+,27+,28-,29-/m0/s1. The molecule has 2 aliphatic rings. The van der Waals surface area contributed by atoms with Crippen LogP contribution in [0.2, 0.25) is 0 Å². The van der Waals surface area contributed by atoms with Crippen LogP contribution in [0, 0.1) is 0 Å². The van der Waals surface area contributed by atoms with Gasteiger partial charge >= 0.3 is 0 Å². The summed E-state index contributed by atoms with van der Waals surface area (Å²) < 4.78 is 38.7. The summed E-state index contributed by atoms with van der Waals surface area (Å²) in [6, 6.07) is 8.94. The topological polar surface area (TPSA) is 187 Å². The van der Waals surface area contributed by atoms with Gasteiger partial charge in [0.15, 0.2) is 0 Å². The van der Waals surface area contributed by atoms with Crippen molar-refractivity contribution in [2.45, 2.75) is 75.3 Å². The van der Waals surface area contributed by atoms with Crippen molar-refractivity contribution in [3.63, 3.8) is 0 Å². The van der Waals surface area contributed by atoms with Crippen LogP contribution in [0.4, 0.5) is 0 Å². The van der Waals surface area contributed by atoms with Gasteiger partial charge in [0.1, 0.15) is 71.1 Å². The summed E-state index contributed by atoms with van der Waals surface area (Å²) in [6.07, 6.45) is -8.91. The van der Waals surface area contributed by atoms with Crippen LogP contribution >= 0.6 is 0 Å². The number of phenolic OH excluding ortho intramolecular Hbond substituents is 1. The molecule has 0 bridgehead atoms. The van der Waals surface area contributed by atoms with Crippen molar-refractivity contribution >= 4 is 11.0 Å². The summed E-state index contributed by atoms with van der Waals surface area (Å²) in [6.45, 7) is 3.24. The molecule has 1 aromatic heterocycles. The van der Waals surface area contributed by atoms with E-state index >= 15 is 0 Å². The number of hydrogen-bond donors (Lipinski definition) is 5. The maximum atomic E-state index is 13.4. The molecule has 0 saturated carbocycles. The van der Waals surface area contributed by atoms with Crippen LogP contribution in [0.15, 0.2) is 51.9 Å². The minimum atomic E-state index is -1.33. The normalized spacial score (nSPS) is 33.4. The van der Waals surface area contributed by atoms with Gasteiger partial charge in [-0.3, -0.25) is 4.79 Å². The van der Waals surface area contributed by atoms with Crippen LogP contribution in [0.3, 0.4) is 0 Å². The SMILES string of the molecule is CO[C@@H]1[C@@H](O)[C@H](C)O[C@@H](Oc2ccc(-c3coc4cc(O[C@@H]5O[C@@H](C)[C@H](O)[C@@H](OC)[C@H]5O)cc(O)c4c3=O)cc2)[C@@H]1O. The maximum absolute atomic E-state index is 13.4. The molecule has 5 rings (SSSR count). The smallest absolute Gasteiger partial charge is 0.229 e. The molecule has 2 fully saturated rings. The second-order valence-corrected chi connectivity index (χ2v) is 10.3. The van der Waals surface area contributed by atoms with Gasteiger partial charge in [-0.15, -0.1) is 0 Å². The van der Waals surface area contributed by atoms with E-state index in [1.165, 1.54) is 32.6 Å². The van der Waals surface area contributed by atoms with E-state index in [1.54, 1.807) is 38.1 Å². The number of hydrogen-bond acceptors (Lipinski definition) is 13. The van der Waals surface area contributed by atoms with Gasteiger partial charge in [-0.1, -0.05) is 12.1 Å². The Bertz CT molecular complexity index is 1440. The Morgan fingerprint density at radius 3 is 1.79 bits per heavy atom. The van der Waals surface area contributed by atoms with Crippen LogP contribution in [0.1, 0.15) is 13.8 Å². The third-order valence-electron chi connectivity index (χ3n) is 7.61. The first-order chi connectivity index (χ1) is 20.0. The Hall–Kier alpha value is -3.27. The minimum absolute atomic E-state index is 0.0350. The van der Waals surface area contributed by atoms with Crippen molar-refractivity contribution in [2.75, 3.05) is 14.2 Å². The number of phenols is 1. The number of aromatic hydroxyl groups is 1. The number of aliphatic hydroxyl groups is 4. The van der Waals surface area contributed by atoms with Crippen LogP contribution in [-0.4, -0.2) is 101 Å². The molecule has 2 aliphatic heterocycles. The average Bonchev–Trinajstić information content (AvgIpc) is 2.96. The van der Waals surface area contributed by atoms with Crippen molar-refractivity contribution in [1.82, 2.24) is 0 Å². The number of rotatable bonds is 7. The fraction of sp³-hybridized carbons (Fsp3) is 0.483. The fourth-order valence-corrected chi connectivity index (χ4v) is 5.20. The molecule has 3 heterocycles. The zero-order chi connectivity index (χ0) is 30.3. The summed E-state index contributed by atoms with van der Waals surface area (Å²) in [7, 11) is 2.72. The van der Waals surface area contributed by atoms with Crippen molar-refractivity contribution in [3.05, 3.63) is 52.9 Å². The Labute approximate surface area is 240 Å². The quantitative estimate of drug-likeness (QED) is 0.261. The van der Waals surface area contributed by atoms with E-state index in [-0.39, 0.29) is 22.3 Å². The molecule has 0 spiro atoms. The molecular formula is C29H34O13. The summed E-state index contributed by atoms with van der Waals surface area (Å²) in [5.74, 6) is -0.0162. The highest BCUT2D eigenvalue weighted by Crippen LogP contribution is 2.33. The predicted molar refractivity (Wildman–Crippen MR) is 145 cm³/mol. The lowest BCUT2D eigenvalue weighted by Gasteiger charge is -2.40. The summed E-state index contributed by atoms with van der Waals surface area (Å²) in [4.78, 5) is 13.4. The molecule has 2 saturated heterocycles. The molecule has 13 nitrogen and oxygen atoms in total. The predicted octanol–water partition coefficient (Wildman–Crippen LogP) is 0.886. The van der Waals surface area contributed by atoms with E-state index in [4.69, 9.17) is 32.8 Å². The first-order valence-electron chi connectivity index (χ1n) is 13.3. The molecule has 228 valence electrons. The third-order valence-corrected chi connectivity index (χ3v) is 7.61. The van der Waals surface area contributed by atoms with Gasteiger partial charge in [0.25, 0.3) is 0 Å². The summed E-state index contributed by atoms with van der Waals surface area (Å²) in [5.41, 5.74) is 0.168. The molecule has 0 amide bonds. The molecule has 0 aliphatic carbocycles. The number of aliphatic hydroxyl groups excluding tert-OH is 4. The van der Waals surface area contributed by atoms with Gasteiger partial charge in [0.05, 0.1) is 17.8 Å². The van der Waals surface area contributed by atoms with Crippen LogP contribution in [-0.2, 0) is 18.9 Å². The Morgan fingerprint density at radius 2 is 1.26 bits per heavy atom. The first kappa shape index (κ1) is 30.2. The van der Waals surface area contributed by atoms with Crippen molar-refractivity contribution in [3.8, 4) is 28.4 Å². The molecule has 0 radical (unpaired) electrons. The largest absolute Gasteiger partial charge is 0.507 e. The highest BCUT2D eigenvalue weighted by Gasteiger charge is 2.45. The van der Waals surface area contributed by atoms with Gasteiger partial charge in [0.2, 0.25) is 18.0 Å². The molecule has 13 heteroatoms. The van der Waals surface area contributed by atoms with Gasteiger partial charge < -0.3 is 58.4 Å². The monoisotopic (exact) mass is 590 g/mol. The lowest BCUT2D eigenvalue weighted by Crippen LogP contribution is -2.59. The molecule has 10 atom stereocenters. The molecule has 2 aromatic carbocycles. The molecule has 42 heavy (non-hydrogen) atoms. The zero-order valence-electron chi connectivity index (χ0n) is 23.3. The third kappa shape index (κ3) is 5.57. The van der Waals surface area contributed by atoms with E-state index in [0.717, 1.165) is 0 Å². The van der Waals surface area contributed by atoms with Crippen molar-refractivity contribution in [1.29, 1.82) is 0 Å².